The lowest BCUT2D eigenvalue weighted by molar-refractivity contribution is 0.137. The third-order valence-corrected chi connectivity index (χ3v) is 0.535. The summed E-state index contributed by atoms with van der Waals surface area (Å²) in [6, 6.07) is 0. The largest absolute Gasteiger partial charge is 0.503 e. The molecule has 0 atom stereocenters. The van der Waals surface area contributed by atoms with Gasteiger partial charge in [-0.2, -0.15) is 0 Å². The summed E-state index contributed by atoms with van der Waals surface area (Å²) >= 11 is 10.2. The van der Waals surface area contributed by atoms with Gasteiger partial charge >= 0.3 is 6.16 Å². The van der Waals surface area contributed by atoms with Crippen molar-refractivity contribution in [2.75, 3.05) is 0 Å². The molecule has 9 heavy (non-hydrogen) atoms. The van der Waals surface area contributed by atoms with Crippen molar-refractivity contribution in [1.29, 1.82) is 0 Å². The minimum absolute atomic E-state index is 0.407. The van der Waals surface area contributed by atoms with Crippen LogP contribution >= 0.6 is 23.2 Å². The van der Waals surface area contributed by atoms with Crippen LogP contribution in [0.2, 0.25) is 0 Å². The zero-order valence-electron chi connectivity index (χ0n) is 4.42. The predicted molar refractivity (Wildman–Crippen MR) is 36.3 cm³/mol. The minimum Gasteiger partial charge on any atom is -0.450 e. The molecule has 0 fully saturated rings. The Morgan fingerprint density at radius 2 is 1.67 bits per heavy atom. The molecule has 0 heterocycles. The summed E-state index contributed by atoms with van der Waals surface area (Å²) in [7, 11) is 0. The Labute approximate surface area is 62.5 Å². The van der Waals surface area contributed by atoms with E-state index >= 15 is 0 Å². The molecular weight excluding hydrogens is 167 g/mol. The Kier molecular flexibility index (Phi) is 9.61. The van der Waals surface area contributed by atoms with Gasteiger partial charge in [-0.15, -0.1) is 29.8 Å². The summed E-state index contributed by atoms with van der Waals surface area (Å²) < 4.78 is 0. The van der Waals surface area contributed by atoms with E-state index < -0.39 is 11.0 Å². The second kappa shape index (κ2) is 7.59. The lowest BCUT2D eigenvalue weighted by Crippen LogP contribution is -1.81. The van der Waals surface area contributed by atoms with Gasteiger partial charge in [-0.25, -0.2) is 4.79 Å². The summed E-state index contributed by atoms with van der Waals surface area (Å²) in [4.78, 5) is 8.15. The molecule has 2 N–H and O–H groups in total. The highest BCUT2D eigenvalue weighted by Crippen LogP contribution is 1.99. The molecule has 0 radical (unpaired) electrons. The second-order valence-electron chi connectivity index (χ2n) is 0.853. The lowest BCUT2D eigenvalue weighted by Gasteiger charge is -1.77. The smallest absolute Gasteiger partial charge is 0.450 e. The highest BCUT2D eigenvalue weighted by molar-refractivity contribution is 6.45. The third kappa shape index (κ3) is 93.8. The fraction of sp³-hybridized carbons (Fsp3) is 0.250. The van der Waals surface area contributed by atoms with Gasteiger partial charge in [0.1, 0.15) is 4.84 Å². The van der Waals surface area contributed by atoms with E-state index in [2.05, 4.69) is 6.58 Å². The monoisotopic (exact) mass is 172 g/mol. The van der Waals surface area contributed by atoms with E-state index in [0.29, 0.717) is 0 Å². The van der Waals surface area contributed by atoms with Crippen molar-refractivity contribution in [2.45, 2.75) is 4.84 Å². The predicted octanol–water partition coefficient (Wildman–Crippen LogP) is 2.20. The van der Waals surface area contributed by atoms with Crippen LogP contribution in [0.4, 0.5) is 4.79 Å². The SMILES string of the molecule is C=CC(Cl)Cl.O=C(O)O. The minimum atomic E-state index is -1.83. The first-order valence-corrected chi connectivity index (χ1v) is 2.70. The zero-order chi connectivity index (χ0) is 7.86. The number of rotatable bonds is 1. The van der Waals surface area contributed by atoms with Crippen LogP contribution in [0.25, 0.3) is 0 Å². The number of hydrogen-bond acceptors (Lipinski definition) is 1. The van der Waals surface area contributed by atoms with E-state index in [-0.39, 0.29) is 0 Å². The lowest BCUT2D eigenvalue weighted by atomic mass is 10.8. The van der Waals surface area contributed by atoms with E-state index in [1.54, 1.807) is 0 Å². The van der Waals surface area contributed by atoms with Gasteiger partial charge in [0.25, 0.3) is 0 Å². The fourth-order valence-electron chi connectivity index (χ4n) is 0. The standard InChI is InChI=1S/C3H4Cl2.CH2O3/c1-2-3(4)5;2-1(3)4/h2-3H,1H2;(H2,2,3,4). The Hall–Kier alpha value is -0.410. The van der Waals surface area contributed by atoms with E-state index in [1.165, 1.54) is 6.08 Å². The Morgan fingerprint density at radius 3 is 1.67 bits per heavy atom. The average molecular weight is 173 g/mol. The molecule has 3 nitrogen and oxygen atoms in total. The van der Waals surface area contributed by atoms with E-state index in [9.17, 15) is 0 Å². The van der Waals surface area contributed by atoms with Gasteiger partial charge in [0.15, 0.2) is 0 Å². The Morgan fingerprint density at radius 1 is 1.56 bits per heavy atom. The number of carbonyl (C=O) groups is 1. The van der Waals surface area contributed by atoms with Crippen molar-refractivity contribution in [1.82, 2.24) is 0 Å². The molecule has 0 bridgehead atoms. The Balaban J connectivity index is 0. The van der Waals surface area contributed by atoms with Crippen molar-refractivity contribution in [2.24, 2.45) is 0 Å². The van der Waals surface area contributed by atoms with Crippen LogP contribution < -0.4 is 0 Å². The van der Waals surface area contributed by atoms with Crippen LogP contribution in [0.1, 0.15) is 0 Å². The molecule has 0 aliphatic carbocycles. The first-order valence-electron chi connectivity index (χ1n) is 1.83. The number of allylic oxidation sites excluding steroid dienone is 1. The van der Waals surface area contributed by atoms with Gasteiger partial charge in [0.05, 0.1) is 0 Å². The van der Waals surface area contributed by atoms with Gasteiger partial charge in [-0.3, -0.25) is 0 Å². The topological polar surface area (TPSA) is 57.5 Å². The van der Waals surface area contributed by atoms with Crippen LogP contribution in [0.15, 0.2) is 12.7 Å². The molecule has 0 amide bonds. The van der Waals surface area contributed by atoms with Crippen molar-refractivity contribution in [3.05, 3.63) is 12.7 Å². The van der Waals surface area contributed by atoms with Gasteiger partial charge in [-0.1, -0.05) is 6.08 Å². The van der Waals surface area contributed by atoms with E-state index in [1.807, 2.05) is 0 Å². The van der Waals surface area contributed by atoms with Gasteiger partial charge in [0, 0.05) is 0 Å². The van der Waals surface area contributed by atoms with Gasteiger partial charge in [0.2, 0.25) is 0 Å². The van der Waals surface area contributed by atoms with Crippen LogP contribution in [-0.2, 0) is 0 Å². The summed E-state index contributed by atoms with van der Waals surface area (Å²) in [6.07, 6.45) is -0.386. The maximum absolute atomic E-state index is 8.56. The fourth-order valence-corrected chi connectivity index (χ4v) is 0. The van der Waals surface area contributed by atoms with Crippen molar-refractivity contribution in [3.63, 3.8) is 0 Å². The highest BCUT2D eigenvalue weighted by atomic mass is 35.5. The molecule has 0 aromatic rings. The number of alkyl halides is 2. The highest BCUT2D eigenvalue weighted by Gasteiger charge is 1.80. The molecule has 5 heteroatoms. The van der Waals surface area contributed by atoms with Crippen LogP contribution in [0, 0.1) is 0 Å². The van der Waals surface area contributed by atoms with Crippen molar-refractivity contribution in [3.8, 4) is 0 Å². The Bertz CT molecular complexity index is 87.8. The molecule has 0 saturated heterocycles. The summed E-state index contributed by atoms with van der Waals surface area (Å²) in [5, 5.41) is 13.9. The first-order chi connectivity index (χ1) is 4.00. The van der Waals surface area contributed by atoms with Crippen LogP contribution in [0.3, 0.4) is 0 Å². The molecule has 0 saturated carbocycles. The molecular formula is C4H6Cl2O3. The third-order valence-electron chi connectivity index (χ3n) is 0.178. The number of carboxylic acid groups (broad SMARTS) is 2. The van der Waals surface area contributed by atoms with Crippen molar-refractivity contribution < 1.29 is 15.0 Å². The summed E-state index contributed by atoms with van der Waals surface area (Å²) in [6.45, 7) is 3.30. The summed E-state index contributed by atoms with van der Waals surface area (Å²) in [5.74, 6) is 0. The van der Waals surface area contributed by atoms with Gasteiger partial charge in [-0.05, 0) is 0 Å². The molecule has 54 valence electrons. The van der Waals surface area contributed by atoms with E-state index in [4.69, 9.17) is 38.2 Å². The average Bonchev–Trinajstić information content (AvgIpc) is 1.65. The van der Waals surface area contributed by atoms with Crippen molar-refractivity contribution >= 4 is 29.4 Å². The van der Waals surface area contributed by atoms with E-state index in [0.717, 1.165) is 0 Å². The molecule has 0 rings (SSSR count). The first kappa shape index (κ1) is 11.4. The van der Waals surface area contributed by atoms with Crippen LogP contribution in [0.5, 0.6) is 0 Å². The summed E-state index contributed by atoms with van der Waals surface area (Å²) in [5.41, 5.74) is 0. The zero-order valence-corrected chi connectivity index (χ0v) is 5.93. The maximum Gasteiger partial charge on any atom is 0.503 e. The number of halogens is 2. The van der Waals surface area contributed by atoms with Crippen LogP contribution in [-0.4, -0.2) is 21.2 Å². The quantitative estimate of drug-likeness (QED) is 0.472. The molecule has 0 aromatic heterocycles. The second-order valence-corrected chi connectivity index (χ2v) is 2.02. The number of hydrogen-bond donors (Lipinski definition) is 2. The molecule has 0 aromatic carbocycles. The molecule has 0 aliphatic heterocycles. The molecule has 0 aliphatic rings. The van der Waals surface area contributed by atoms with Gasteiger partial charge < -0.3 is 10.2 Å². The maximum atomic E-state index is 8.56. The normalized spacial score (nSPS) is 7.44. The molecule has 0 unspecified atom stereocenters. The molecule has 0 spiro atoms.